The smallest absolute Gasteiger partial charge is 0.223 e. The second-order valence-electron chi connectivity index (χ2n) is 5.24. The molecule has 2 rings (SSSR count). The van der Waals surface area contributed by atoms with E-state index >= 15 is 0 Å². The van der Waals surface area contributed by atoms with Crippen LogP contribution in [0.2, 0.25) is 0 Å². The Morgan fingerprint density at radius 2 is 1.81 bits per heavy atom. The molecule has 1 aromatic rings. The number of hydrogen-bond donors (Lipinski definition) is 2. The SMILES string of the molecule is CC(=O)NCCNC(=O)C1CCN(c2ccncc2)CC1. The number of carbonyl (C=O) groups is 2. The molecule has 1 aromatic heterocycles. The van der Waals surface area contributed by atoms with Crippen LogP contribution in [-0.4, -0.2) is 43.0 Å². The largest absolute Gasteiger partial charge is 0.371 e. The fourth-order valence-corrected chi connectivity index (χ4v) is 2.52. The first-order valence-electron chi connectivity index (χ1n) is 7.34. The van der Waals surface area contributed by atoms with Gasteiger partial charge in [-0.3, -0.25) is 14.6 Å². The van der Waals surface area contributed by atoms with Crippen LogP contribution in [0.15, 0.2) is 24.5 Å². The molecule has 0 bridgehead atoms. The molecule has 2 N–H and O–H groups in total. The van der Waals surface area contributed by atoms with Crippen molar-refractivity contribution in [1.82, 2.24) is 15.6 Å². The summed E-state index contributed by atoms with van der Waals surface area (Å²) in [7, 11) is 0. The molecule has 1 aliphatic heterocycles. The Morgan fingerprint density at radius 1 is 1.19 bits per heavy atom. The van der Waals surface area contributed by atoms with E-state index in [0.29, 0.717) is 13.1 Å². The molecule has 21 heavy (non-hydrogen) atoms. The van der Waals surface area contributed by atoms with Gasteiger partial charge in [-0.15, -0.1) is 0 Å². The first kappa shape index (κ1) is 15.3. The summed E-state index contributed by atoms with van der Waals surface area (Å²) in [6, 6.07) is 3.99. The summed E-state index contributed by atoms with van der Waals surface area (Å²) in [5.41, 5.74) is 1.16. The number of pyridine rings is 1. The fraction of sp³-hybridized carbons (Fsp3) is 0.533. The van der Waals surface area contributed by atoms with Crippen LogP contribution in [0.5, 0.6) is 0 Å². The summed E-state index contributed by atoms with van der Waals surface area (Å²) in [5.74, 6) is 0.0880. The van der Waals surface area contributed by atoms with Gasteiger partial charge in [-0.2, -0.15) is 0 Å². The molecule has 6 nitrogen and oxygen atoms in total. The lowest BCUT2D eigenvalue weighted by molar-refractivity contribution is -0.126. The molecule has 2 heterocycles. The average Bonchev–Trinajstić information content (AvgIpc) is 2.52. The van der Waals surface area contributed by atoms with E-state index in [2.05, 4.69) is 20.5 Å². The van der Waals surface area contributed by atoms with E-state index < -0.39 is 0 Å². The number of nitrogens with one attached hydrogen (secondary N) is 2. The van der Waals surface area contributed by atoms with Crippen molar-refractivity contribution in [3.63, 3.8) is 0 Å². The number of piperidine rings is 1. The van der Waals surface area contributed by atoms with Gasteiger partial charge in [-0.05, 0) is 25.0 Å². The highest BCUT2D eigenvalue weighted by molar-refractivity contribution is 5.79. The molecular weight excluding hydrogens is 268 g/mol. The van der Waals surface area contributed by atoms with Crippen LogP contribution in [0.4, 0.5) is 5.69 Å². The van der Waals surface area contributed by atoms with Gasteiger partial charge >= 0.3 is 0 Å². The molecule has 114 valence electrons. The highest BCUT2D eigenvalue weighted by Crippen LogP contribution is 2.22. The van der Waals surface area contributed by atoms with Crippen LogP contribution in [0, 0.1) is 5.92 Å². The molecular formula is C15H22N4O2. The third kappa shape index (κ3) is 4.73. The standard InChI is InChI=1S/C15H22N4O2/c1-12(20)17-8-9-18-15(21)13-4-10-19(11-5-13)14-2-6-16-7-3-14/h2-3,6-7,13H,4-5,8-11H2,1H3,(H,17,20)(H,18,21). The number of nitrogens with zero attached hydrogens (tertiary/aromatic N) is 2. The summed E-state index contributed by atoms with van der Waals surface area (Å²) in [4.78, 5) is 29.1. The third-order valence-electron chi connectivity index (χ3n) is 3.69. The maximum atomic E-state index is 12.0. The second kappa shape index (κ2) is 7.61. The lowest BCUT2D eigenvalue weighted by Crippen LogP contribution is -2.42. The first-order valence-corrected chi connectivity index (χ1v) is 7.34. The lowest BCUT2D eigenvalue weighted by atomic mass is 9.95. The maximum Gasteiger partial charge on any atom is 0.223 e. The van der Waals surface area contributed by atoms with E-state index in [-0.39, 0.29) is 17.7 Å². The predicted molar refractivity (Wildman–Crippen MR) is 80.9 cm³/mol. The minimum absolute atomic E-state index is 0.0698. The average molecular weight is 290 g/mol. The fourth-order valence-electron chi connectivity index (χ4n) is 2.52. The molecule has 1 fully saturated rings. The minimum atomic E-state index is -0.0742. The number of anilines is 1. The Bertz CT molecular complexity index is 470. The van der Waals surface area contributed by atoms with E-state index in [1.807, 2.05) is 12.1 Å². The van der Waals surface area contributed by atoms with Crippen LogP contribution in [0.25, 0.3) is 0 Å². The molecule has 0 spiro atoms. The van der Waals surface area contributed by atoms with Gasteiger partial charge in [-0.25, -0.2) is 0 Å². The lowest BCUT2D eigenvalue weighted by Gasteiger charge is -2.32. The van der Waals surface area contributed by atoms with Crippen molar-refractivity contribution >= 4 is 17.5 Å². The van der Waals surface area contributed by atoms with E-state index in [1.165, 1.54) is 6.92 Å². The van der Waals surface area contributed by atoms with Gasteiger partial charge in [0.15, 0.2) is 0 Å². The van der Waals surface area contributed by atoms with Crippen molar-refractivity contribution in [3.8, 4) is 0 Å². The number of amides is 2. The minimum Gasteiger partial charge on any atom is -0.371 e. The van der Waals surface area contributed by atoms with Crippen molar-refractivity contribution in [1.29, 1.82) is 0 Å². The van der Waals surface area contributed by atoms with Crippen molar-refractivity contribution in [2.45, 2.75) is 19.8 Å². The molecule has 0 radical (unpaired) electrons. The molecule has 1 saturated heterocycles. The van der Waals surface area contributed by atoms with Gasteiger partial charge in [0.1, 0.15) is 0 Å². The summed E-state index contributed by atoms with van der Waals surface area (Å²) < 4.78 is 0. The van der Waals surface area contributed by atoms with Crippen molar-refractivity contribution < 1.29 is 9.59 Å². The van der Waals surface area contributed by atoms with Gasteiger partial charge in [-0.1, -0.05) is 0 Å². The Balaban J connectivity index is 1.71. The van der Waals surface area contributed by atoms with Crippen LogP contribution in [0.1, 0.15) is 19.8 Å². The summed E-state index contributed by atoms with van der Waals surface area (Å²) >= 11 is 0. The predicted octanol–water partition coefficient (Wildman–Crippen LogP) is 0.550. The van der Waals surface area contributed by atoms with Gasteiger partial charge in [0.25, 0.3) is 0 Å². The number of hydrogen-bond acceptors (Lipinski definition) is 4. The zero-order valence-electron chi connectivity index (χ0n) is 12.3. The van der Waals surface area contributed by atoms with E-state index in [4.69, 9.17) is 0 Å². The molecule has 0 saturated carbocycles. The van der Waals surface area contributed by atoms with Crippen LogP contribution in [0.3, 0.4) is 0 Å². The highest BCUT2D eigenvalue weighted by atomic mass is 16.2. The van der Waals surface area contributed by atoms with Gasteiger partial charge in [0, 0.05) is 57.1 Å². The monoisotopic (exact) mass is 290 g/mol. The molecule has 0 unspecified atom stereocenters. The van der Waals surface area contributed by atoms with Crippen molar-refractivity contribution in [2.24, 2.45) is 5.92 Å². The van der Waals surface area contributed by atoms with Crippen molar-refractivity contribution in [3.05, 3.63) is 24.5 Å². The van der Waals surface area contributed by atoms with Crippen LogP contribution < -0.4 is 15.5 Å². The summed E-state index contributed by atoms with van der Waals surface area (Å²) in [6.07, 6.45) is 5.29. The first-order chi connectivity index (χ1) is 10.2. The molecule has 6 heteroatoms. The normalized spacial score (nSPS) is 15.6. The van der Waals surface area contributed by atoms with E-state index in [0.717, 1.165) is 31.6 Å². The quantitative estimate of drug-likeness (QED) is 0.777. The molecule has 0 atom stereocenters. The molecule has 0 aromatic carbocycles. The van der Waals surface area contributed by atoms with E-state index in [9.17, 15) is 9.59 Å². The van der Waals surface area contributed by atoms with Crippen molar-refractivity contribution in [2.75, 3.05) is 31.1 Å². The third-order valence-corrected chi connectivity index (χ3v) is 3.69. The number of carbonyl (C=O) groups excluding carboxylic acids is 2. The number of aromatic nitrogens is 1. The topological polar surface area (TPSA) is 74.3 Å². The molecule has 1 aliphatic rings. The zero-order valence-corrected chi connectivity index (χ0v) is 12.3. The molecule has 0 aliphatic carbocycles. The van der Waals surface area contributed by atoms with Crippen LogP contribution in [-0.2, 0) is 9.59 Å². The van der Waals surface area contributed by atoms with Crippen LogP contribution >= 0.6 is 0 Å². The Labute approximate surface area is 124 Å². The maximum absolute atomic E-state index is 12.0. The Hall–Kier alpha value is -2.11. The highest BCUT2D eigenvalue weighted by Gasteiger charge is 2.24. The van der Waals surface area contributed by atoms with Gasteiger partial charge in [0.2, 0.25) is 11.8 Å². The summed E-state index contributed by atoms with van der Waals surface area (Å²) in [6.45, 7) is 4.21. The summed E-state index contributed by atoms with van der Waals surface area (Å²) in [5, 5.41) is 5.54. The zero-order chi connectivity index (χ0) is 15.1. The Kier molecular flexibility index (Phi) is 5.54. The van der Waals surface area contributed by atoms with Gasteiger partial charge < -0.3 is 15.5 Å². The Morgan fingerprint density at radius 3 is 2.43 bits per heavy atom. The van der Waals surface area contributed by atoms with Gasteiger partial charge in [0.05, 0.1) is 0 Å². The number of rotatable bonds is 5. The van der Waals surface area contributed by atoms with E-state index in [1.54, 1.807) is 12.4 Å². The molecule has 2 amide bonds. The second-order valence-corrected chi connectivity index (χ2v) is 5.24.